The molecule has 6 heteroatoms. The second-order valence-electron chi connectivity index (χ2n) is 9.96. The Morgan fingerprint density at radius 1 is 0.381 bits per heavy atom. The van der Waals surface area contributed by atoms with Crippen LogP contribution in [0, 0.1) is 14.9 Å². The van der Waals surface area contributed by atoms with Gasteiger partial charge in [0.25, 0.3) is 0 Å². The number of hydrogen-bond acceptors (Lipinski definition) is 0. The van der Waals surface area contributed by atoms with E-state index in [1.807, 2.05) is 0 Å². The van der Waals surface area contributed by atoms with Crippen LogP contribution in [-0.2, 0) is 33.6 Å². The summed E-state index contributed by atoms with van der Waals surface area (Å²) in [6.07, 6.45) is 11.3. The molecule has 0 saturated heterocycles. The maximum Gasteiger partial charge on any atom is 2.00 e. The second-order valence-corrected chi connectivity index (χ2v) is 15.0. The summed E-state index contributed by atoms with van der Waals surface area (Å²) in [7, 11) is -0.304. The van der Waals surface area contributed by atoms with Gasteiger partial charge in [-0.15, -0.1) is 0 Å². The molecule has 6 rings (SSSR count). The molecule has 0 aromatic heterocycles. The molecule has 2 saturated carbocycles. The average molecular weight is 724 g/mol. The summed E-state index contributed by atoms with van der Waals surface area (Å²) in [5.41, 5.74) is 1.79. The molecule has 0 N–H and O–H groups in total. The fraction of sp³-hybridized carbons (Fsp3) is 0.278. The molecule has 0 spiro atoms. The molecular formula is C36H44Cl2FeNiP2. The van der Waals surface area contributed by atoms with E-state index in [-0.39, 0.29) is 89.1 Å². The van der Waals surface area contributed by atoms with Gasteiger partial charge in [0.15, 0.2) is 0 Å². The third-order valence-electron chi connectivity index (χ3n) is 7.52. The van der Waals surface area contributed by atoms with Crippen molar-refractivity contribution in [3.63, 3.8) is 0 Å². The summed E-state index contributed by atoms with van der Waals surface area (Å²) in [6, 6.07) is 44.5. The van der Waals surface area contributed by atoms with Crippen LogP contribution >= 0.6 is 15.8 Å². The largest absolute Gasteiger partial charge is 2.00 e. The Bertz CT molecular complexity index is 984. The van der Waals surface area contributed by atoms with Gasteiger partial charge in [-0.25, -0.2) is 0 Å². The fourth-order valence-corrected chi connectivity index (χ4v) is 11.8. The van der Waals surface area contributed by atoms with Crippen LogP contribution in [0.3, 0.4) is 0 Å². The molecule has 2 aliphatic rings. The van der Waals surface area contributed by atoms with Crippen LogP contribution in [0.5, 0.6) is 0 Å². The van der Waals surface area contributed by atoms with Crippen LogP contribution in [-0.4, -0.2) is 11.3 Å². The van der Waals surface area contributed by atoms with Gasteiger partial charge in [-0.05, 0) is 74.1 Å². The minimum Gasteiger partial charge on any atom is -1.00 e. The molecule has 0 amide bonds. The quantitative estimate of drug-likeness (QED) is 0.163. The molecule has 2 aliphatic carbocycles. The molecule has 0 bridgehead atoms. The molecular weight excluding hydrogens is 680 g/mol. The summed E-state index contributed by atoms with van der Waals surface area (Å²) >= 11 is 0. The average Bonchev–Trinajstić information content (AvgIpc) is 3.68. The van der Waals surface area contributed by atoms with E-state index in [2.05, 4.69) is 121 Å². The first-order chi connectivity index (χ1) is 17.9. The van der Waals surface area contributed by atoms with Crippen LogP contribution in [0.2, 0.25) is 0 Å². The van der Waals surface area contributed by atoms with Crippen molar-refractivity contribution >= 4 is 37.1 Å². The van der Waals surface area contributed by atoms with Crippen molar-refractivity contribution in [2.24, 2.45) is 0 Å². The van der Waals surface area contributed by atoms with E-state index in [9.17, 15) is 0 Å². The SMILES string of the molecule is [CH3-].[CH3-].[Cl-].[Cl-].[Fe+2].[Ni+2].c1ccc(P(c2ccccc2)C2CCCC2)cc1.c1ccc(P(c2ccccc2)C2CCCC2)cc1. The molecule has 4 aromatic carbocycles. The molecule has 0 unspecified atom stereocenters. The molecule has 0 atom stereocenters. The first kappa shape index (κ1) is 43.5. The smallest absolute Gasteiger partial charge is 1.00 e. The molecule has 230 valence electrons. The number of rotatable bonds is 6. The molecule has 0 nitrogen and oxygen atoms in total. The van der Waals surface area contributed by atoms with E-state index in [1.165, 1.54) is 51.4 Å². The van der Waals surface area contributed by atoms with E-state index >= 15 is 0 Å². The van der Waals surface area contributed by atoms with Gasteiger partial charge in [0.05, 0.1) is 0 Å². The number of halogens is 2. The van der Waals surface area contributed by atoms with Gasteiger partial charge in [0, 0.05) is 0 Å². The maximum absolute atomic E-state index is 2.32. The zero-order valence-corrected chi connectivity index (χ0v) is 30.1. The first-order valence-corrected chi connectivity index (χ1v) is 16.5. The summed E-state index contributed by atoms with van der Waals surface area (Å²) in [5.74, 6) is 0. The van der Waals surface area contributed by atoms with Gasteiger partial charge in [-0.3, -0.25) is 0 Å². The standard InChI is InChI=1S/2C17H19P.2CH3.2ClH.Fe.Ni/c2*1-3-9-15(10-4-1)18(17-13-7-8-14-17)16-11-5-2-6-12-16;;;;;;/h2*1-6,9-12,17H,7-8,13-14H2;2*1H3;2*1H;;/q;;2*-1;;;2*+2/p-2. The van der Waals surface area contributed by atoms with E-state index in [0.717, 1.165) is 11.3 Å². The maximum atomic E-state index is 2.32. The zero-order chi connectivity index (χ0) is 24.4. The van der Waals surface area contributed by atoms with Crippen LogP contribution in [0.4, 0.5) is 0 Å². The summed E-state index contributed by atoms with van der Waals surface area (Å²) in [4.78, 5) is 0. The molecule has 2 fully saturated rings. The molecule has 4 aromatic rings. The summed E-state index contributed by atoms with van der Waals surface area (Å²) in [6.45, 7) is 0. The van der Waals surface area contributed by atoms with E-state index < -0.39 is 0 Å². The molecule has 0 radical (unpaired) electrons. The van der Waals surface area contributed by atoms with Crippen molar-refractivity contribution in [2.75, 3.05) is 0 Å². The van der Waals surface area contributed by atoms with Crippen LogP contribution in [0.1, 0.15) is 51.4 Å². The zero-order valence-electron chi connectivity index (χ0n) is 24.7. The van der Waals surface area contributed by atoms with Crippen LogP contribution in [0.15, 0.2) is 121 Å². The van der Waals surface area contributed by atoms with Gasteiger partial charge >= 0.3 is 33.6 Å². The third-order valence-corrected chi connectivity index (χ3v) is 13.4. The van der Waals surface area contributed by atoms with Crippen molar-refractivity contribution in [1.82, 2.24) is 0 Å². The van der Waals surface area contributed by atoms with Crippen molar-refractivity contribution in [3.05, 3.63) is 136 Å². The third kappa shape index (κ3) is 12.0. The van der Waals surface area contributed by atoms with E-state index in [0.29, 0.717) is 0 Å². The second kappa shape index (κ2) is 23.7. The van der Waals surface area contributed by atoms with Gasteiger partial charge < -0.3 is 39.7 Å². The Hall–Kier alpha value is -0.667. The van der Waals surface area contributed by atoms with Gasteiger partial charge in [0.2, 0.25) is 0 Å². The van der Waals surface area contributed by atoms with E-state index in [1.54, 1.807) is 21.2 Å². The van der Waals surface area contributed by atoms with Gasteiger partial charge in [-0.1, -0.05) is 147 Å². The summed E-state index contributed by atoms with van der Waals surface area (Å²) in [5, 5.41) is 6.19. The summed E-state index contributed by atoms with van der Waals surface area (Å²) < 4.78 is 0. The monoisotopic (exact) mass is 722 g/mol. The normalized spacial score (nSPS) is 14.0. The molecule has 0 aliphatic heterocycles. The molecule has 0 heterocycles. The van der Waals surface area contributed by atoms with Crippen molar-refractivity contribution < 1.29 is 58.4 Å². The van der Waals surface area contributed by atoms with Gasteiger partial charge in [-0.2, -0.15) is 0 Å². The number of benzene rings is 4. The molecule has 42 heavy (non-hydrogen) atoms. The fourth-order valence-electron chi connectivity index (χ4n) is 5.82. The van der Waals surface area contributed by atoms with Crippen LogP contribution in [0.25, 0.3) is 0 Å². The van der Waals surface area contributed by atoms with Crippen LogP contribution < -0.4 is 46.0 Å². The minimum atomic E-state index is -0.152. The van der Waals surface area contributed by atoms with Crippen molar-refractivity contribution in [2.45, 2.75) is 62.7 Å². The topological polar surface area (TPSA) is 0 Å². The Morgan fingerprint density at radius 2 is 0.571 bits per heavy atom. The number of hydrogen-bond donors (Lipinski definition) is 0. The Balaban J connectivity index is 0. The van der Waals surface area contributed by atoms with Gasteiger partial charge in [0.1, 0.15) is 0 Å². The first-order valence-electron chi connectivity index (χ1n) is 13.7. The van der Waals surface area contributed by atoms with Crippen molar-refractivity contribution in [3.8, 4) is 0 Å². The Labute approximate surface area is 292 Å². The van der Waals surface area contributed by atoms with Crippen molar-refractivity contribution in [1.29, 1.82) is 0 Å². The Morgan fingerprint density at radius 3 is 0.762 bits per heavy atom. The predicted octanol–water partition coefficient (Wildman–Crippen LogP) is 3.03. The predicted molar refractivity (Wildman–Crippen MR) is 175 cm³/mol. The minimum absolute atomic E-state index is 0. The Kier molecular flexibility index (Phi) is 24.5. The van der Waals surface area contributed by atoms with E-state index in [4.69, 9.17) is 0 Å².